The van der Waals surface area contributed by atoms with Crippen LogP contribution in [0.4, 0.5) is 0 Å². The van der Waals surface area contributed by atoms with Gasteiger partial charge in [-0.1, -0.05) is 12.8 Å². The van der Waals surface area contributed by atoms with Crippen molar-refractivity contribution in [2.24, 2.45) is 11.8 Å². The first-order valence-corrected chi connectivity index (χ1v) is 6.65. The van der Waals surface area contributed by atoms with Crippen LogP contribution >= 0.6 is 0 Å². The highest BCUT2D eigenvalue weighted by Gasteiger charge is 2.24. The summed E-state index contributed by atoms with van der Waals surface area (Å²) < 4.78 is 0. The van der Waals surface area contributed by atoms with E-state index in [1.165, 1.54) is 38.6 Å². The molecule has 0 spiro atoms. The van der Waals surface area contributed by atoms with Crippen molar-refractivity contribution in [1.29, 1.82) is 0 Å². The van der Waals surface area contributed by atoms with E-state index in [0.29, 0.717) is 6.04 Å². The van der Waals surface area contributed by atoms with Crippen LogP contribution in [0.25, 0.3) is 0 Å². The molecule has 2 fully saturated rings. The van der Waals surface area contributed by atoms with Crippen LogP contribution in [0.15, 0.2) is 0 Å². The maximum absolute atomic E-state index is 9.41. The second-order valence-electron chi connectivity index (χ2n) is 5.66. The fourth-order valence-electron chi connectivity index (χ4n) is 2.65. The highest BCUT2D eigenvalue weighted by atomic mass is 16.3. The number of nitrogens with one attached hydrogen (secondary N) is 1. The van der Waals surface area contributed by atoms with Crippen molar-refractivity contribution >= 4 is 0 Å². The molecule has 0 bridgehead atoms. The van der Waals surface area contributed by atoms with Crippen molar-refractivity contribution in [2.75, 3.05) is 6.54 Å². The third kappa shape index (κ3) is 4.12. The predicted octanol–water partition coefficient (Wildman–Crippen LogP) is 2.32. The van der Waals surface area contributed by atoms with Crippen molar-refractivity contribution < 1.29 is 5.11 Å². The number of rotatable bonds is 5. The zero-order valence-electron chi connectivity index (χ0n) is 9.91. The van der Waals surface area contributed by atoms with Gasteiger partial charge in [0.1, 0.15) is 0 Å². The van der Waals surface area contributed by atoms with E-state index in [9.17, 15) is 5.11 Å². The SMILES string of the molecule is CC(CC1CC1)NCC1CCC(O)CC1. The van der Waals surface area contributed by atoms with Gasteiger partial charge in [0.05, 0.1) is 6.10 Å². The molecule has 0 aromatic heterocycles. The van der Waals surface area contributed by atoms with Gasteiger partial charge >= 0.3 is 0 Å². The van der Waals surface area contributed by atoms with E-state index in [0.717, 1.165) is 24.7 Å². The second kappa shape index (κ2) is 5.31. The van der Waals surface area contributed by atoms with Crippen LogP contribution in [0.2, 0.25) is 0 Å². The van der Waals surface area contributed by atoms with Gasteiger partial charge in [0.2, 0.25) is 0 Å². The second-order valence-corrected chi connectivity index (χ2v) is 5.66. The summed E-state index contributed by atoms with van der Waals surface area (Å²) in [7, 11) is 0. The number of hydrogen-bond acceptors (Lipinski definition) is 2. The average Bonchev–Trinajstić information content (AvgIpc) is 3.01. The van der Waals surface area contributed by atoms with Gasteiger partial charge < -0.3 is 10.4 Å². The molecule has 0 amide bonds. The standard InChI is InChI=1S/C13H25NO/c1-10(8-11-2-3-11)14-9-12-4-6-13(15)7-5-12/h10-15H,2-9H2,1H3. The van der Waals surface area contributed by atoms with Crippen molar-refractivity contribution in [2.45, 2.75) is 64.0 Å². The van der Waals surface area contributed by atoms with Crippen LogP contribution in [0.3, 0.4) is 0 Å². The molecule has 2 saturated carbocycles. The van der Waals surface area contributed by atoms with Crippen LogP contribution in [0.1, 0.15) is 51.9 Å². The van der Waals surface area contributed by atoms with E-state index in [1.54, 1.807) is 0 Å². The third-order valence-electron chi connectivity index (χ3n) is 3.96. The summed E-state index contributed by atoms with van der Waals surface area (Å²) in [6, 6.07) is 0.698. The summed E-state index contributed by atoms with van der Waals surface area (Å²) in [5.74, 6) is 1.84. The lowest BCUT2D eigenvalue weighted by atomic mass is 9.87. The molecular weight excluding hydrogens is 186 g/mol. The van der Waals surface area contributed by atoms with E-state index in [-0.39, 0.29) is 6.10 Å². The Morgan fingerprint density at radius 2 is 1.67 bits per heavy atom. The Bertz CT molecular complexity index is 183. The first-order valence-electron chi connectivity index (χ1n) is 6.65. The van der Waals surface area contributed by atoms with Crippen molar-refractivity contribution in [1.82, 2.24) is 5.32 Å². The van der Waals surface area contributed by atoms with E-state index >= 15 is 0 Å². The molecule has 1 unspecified atom stereocenters. The lowest BCUT2D eigenvalue weighted by Crippen LogP contribution is -2.33. The molecule has 2 rings (SSSR count). The van der Waals surface area contributed by atoms with Gasteiger partial charge in [-0.3, -0.25) is 0 Å². The Kier molecular flexibility index (Phi) is 4.04. The Morgan fingerprint density at radius 3 is 2.27 bits per heavy atom. The fourth-order valence-corrected chi connectivity index (χ4v) is 2.65. The van der Waals surface area contributed by atoms with Crippen molar-refractivity contribution in [3.8, 4) is 0 Å². The molecule has 2 heteroatoms. The smallest absolute Gasteiger partial charge is 0.0540 e. The van der Waals surface area contributed by atoms with Gasteiger partial charge in [-0.25, -0.2) is 0 Å². The van der Waals surface area contributed by atoms with Gasteiger partial charge in [-0.05, 0) is 57.4 Å². The normalized spacial score (nSPS) is 34.0. The molecule has 2 aliphatic rings. The van der Waals surface area contributed by atoms with E-state index in [4.69, 9.17) is 0 Å². The van der Waals surface area contributed by atoms with Gasteiger partial charge in [-0.2, -0.15) is 0 Å². The molecule has 88 valence electrons. The molecule has 0 radical (unpaired) electrons. The van der Waals surface area contributed by atoms with Gasteiger partial charge in [0.15, 0.2) is 0 Å². The highest BCUT2D eigenvalue weighted by molar-refractivity contribution is 4.79. The van der Waals surface area contributed by atoms with E-state index < -0.39 is 0 Å². The van der Waals surface area contributed by atoms with E-state index in [2.05, 4.69) is 12.2 Å². The maximum atomic E-state index is 9.41. The fraction of sp³-hybridized carbons (Fsp3) is 1.00. The monoisotopic (exact) mass is 211 g/mol. The summed E-state index contributed by atoms with van der Waals surface area (Å²) in [4.78, 5) is 0. The lowest BCUT2D eigenvalue weighted by molar-refractivity contribution is 0.107. The number of hydrogen-bond donors (Lipinski definition) is 2. The quantitative estimate of drug-likeness (QED) is 0.731. The zero-order chi connectivity index (χ0) is 10.7. The van der Waals surface area contributed by atoms with Crippen molar-refractivity contribution in [3.05, 3.63) is 0 Å². The maximum Gasteiger partial charge on any atom is 0.0540 e. The van der Waals surface area contributed by atoms with Crippen LogP contribution in [-0.2, 0) is 0 Å². The van der Waals surface area contributed by atoms with Gasteiger partial charge in [0, 0.05) is 6.04 Å². The minimum absolute atomic E-state index is 0.00913. The summed E-state index contributed by atoms with van der Waals surface area (Å²) in [5, 5.41) is 13.1. The Hall–Kier alpha value is -0.0800. The topological polar surface area (TPSA) is 32.3 Å². The number of aliphatic hydroxyl groups excluding tert-OH is 1. The van der Waals surface area contributed by atoms with Crippen LogP contribution in [0, 0.1) is 11.8 Å². The molecule has 0 saturated heterocycles. The Morgan fingerprint density at radius 1 is 1.07 bits per heavy atom. The van der Waals surface area contributed by atoms with Crippen LogP contribution in [0.5, 0.6) is 0 Å². The molecule has 2 N–H and O–H groups in total. The Balaban J connectivity index is 1.56. The summed E-state index contributed by atoms with van der Waals surface area (Å²) >= 11 is 0. The van der Waals surface area contributed by atoms with Gasteiger partial charge in [-0.15, -0.1) is 0 Å². The largest absolute Gasteiger partial charge is 0.393 e. The molecule has 2 aliphatic carbocycles. The number of aliphatic hydroxyl groups is 1. The molecule has 0 heterocycles. The Labute approximate surface area is 93.5 Å². The summed E-state index contributed by atoms with van der Waals surface area (Å²) in [6.07, 6.45) is 8.74. The van der Waals surface area contributed by atoms with Crippen LogP contribution < -0.4 is 5.32 Å². The third-order valence-corrected chi connectivity index (χ3v) is 3.96. The first kappa shape index (κ1) is 11.4. The predicted molar refractivity (Wildman–Crippen MR) is 62.8 cm³/mol. The minimum Gasteiger partial charge on any atom is -0.393 e. The molecule has 1 atom stereocenters. The summed E-state index contributed by atoms with van der Waals surface area (Å²) in [6.45, 7) is 3.48. The molecule has 0 aliphatic heterocycles. The van der Waals surface area contributed by atoms with Crippen LogP contribution in [-0.4, -0.2) is 23.8 Å². The lowest BCUT2D eigenvalue weighted by Gasteiger charge is -2.27. The van der Waals surface area contributed by atoms with Gasteiger partial charge in [0.25, 0.3) is 0 Å². The highest BCUT2D eigenvalue weighted by Crippen LogP contribution is 2.33. The average molecular weight is 211 g/mol. The molecule has 15 heavy (non-hydrogen) atoms. The van der Waals surface area contributed by atoms with Crippen molar-refractivity contribution in [3.63, 3.8) is 0 Å². The molecule has 2 nitrogen and oxygen atoms in total. The van der Waals surface area contributed by atoms with E-state index in [1.807, 2.05) is 0 Å². The first-order chi connectivity index (χ1) is 7.24. The molecular formula is C13H25NO. The zero-order valence-corrected chi connectivity index (χ0v) is 9.91. The summed E-state index contributed by atoms with van der Waals surface area (Å²) in [5.41, 5.74) is 0. The molecule has 0 aromatic carbocycles. The molecule has 0 aromatic rings. The minimum atomic E-state index is -0.00913.